The van der Waals surface area contributed by atoms with Crippen LogP contribution in [0.2, 0.25) is 0 Å². The van der Waals surface area contributed by atoms with Crippen LogP contribution in [-0.2, 0) is 4.74 Å². The first-order valence-corrected chi connectivity index (χ1v) is 6.88. The van der Waals surface area contributed by atoms with Crippen molar-refractivity contribution in [1.29, 1.82) is 0 Å². The van der Waals surface area contributed by atoms with Gasteiger partial charge in [-0.05, 0) is 18.9 Å². The molecule has 0 unspecified atom stereocenters. The predicted octanol–water partition coefficient (Wildman–Crippen LogP) is 2.97. The maximum absolute atomic E-state index is 10.8. The SMILES string of the molecule is COc1cc(NCCOC2CCCC2)ccc1[N+](=O)[O-]. The summed E-state index contributed by atoms with van der Waals surface area (Å²) in [6.07, 6.45) is 5.25. The van der Waals surface area contributed by atoms with E-state index in [2.05, 4.69) is 5.32 Å². The van der Waals surface area contributed by atoms with Gasteiger partial charge in [0.15, 0.2) is 5.75 Å². The number of hydrogen-bond acceptors (Lipinski definition) is 5. The maximum Gasteiger partial charge on any atom is 0.311 e. The van der Waals surface area contributed by atoms with E-state index in [4.69, 9.17) is 9.47 Å². The van der Waals surface area contributed by atoms with Gasteiger partial charge in [-0.3, -0.25) is 10.1 Å². The third kappa shape index (κ3) is 3.84. The Balaban J connectivity index is 1.81. The molecule has 0 radical (unpaired) electrons. The highest BCUT2D eigenvalue weighted by molar-refractivity contribution is 5.57. The van der Waals surface area contributed by atoms with E-state index in [0.29, 0.717) is 19.3 Å². The van der Waals surface area contributed by atoms with E-state index < -0.39 is 4.92 Å². The Hall–Kier alpha value is -1.82. The van der Waals surface area contributed by atoms with Crippen molar-refractivity contribution in [3.63, 3.8) is 0 Å². The molecule has 0 atom stereocenters. The van der Waals surface area contributed by atoms with E-state index in [1.807, 2.05) is 0 Å². The molecular weight excluding hydrogens is 260 g/mol. The highest BCUT2D eigenvalue weighted by Crippen LogP contribution is 2.29. The van der Waals surface area contributed by atoms with Crippen molar-refractivity contribution in [2.24, 2.45) is 0 Å². The van der Waals surface area contributed by atoms with Crippen LogP contribution >= 0.6 is 0 Å². The van der Waals surface area contributed by atoms with Crippen LogP contribution in [0.1, 0.15) is 25.7 Å². The zero-order chi connectivity index (χ0) is 14.4. The van der Waals surface area contributed by atoms with Gasteiger partial charge in [0.2, 0.25) is 0 Å². The van der Waals surface area contributed by atoms with Crippen LogP contribution in [0, 0.1) is 10.1 Å². The molecule has 1 aliphatic carbocycles. The first-order valence-electron chi connectivity index (χ1n) is 6.88. The molecule has 110 valence electrons. The zero-order valence-corrected chi connectivity index (χ0v) is 11.6. The summed E-state index contributed by atoms with van der Waals surface area (Å²) >= 11 is 0. The average molecular weight is 280 g/mol. The molecule has 1 aliphatic rings. The molecule has 1 fully saturated rings. The van der Waals surface area contributed by atoms with Gasteiger partial charge in [-0.15, -0.1) is 0 Å². The minimum Gasteiger partial charge on any atom is -0.490 e. The van der Waals surface area contributed by atoms with Crippen molar-refractivity contribution in [1.82, 2.24) is 0 Å². The molecule has 0 heterocycles. The summed E-state index contributed by atoms with van der Waals surface area (Å²) in [5.41, 5.74) is 0.766. The fraction of sp³-hybridized carbons (Fsp3) is 0.571. The minimum atomic E-state index is -0.453. The fourth-order valence-electron chi connectivity index (χ4n) is 2.41. The van der Waals surface area contributed by atoms with Crippen LogP contribution in [-0.4, -0.2) is 31.3 Å². The molecule has 1 aromatic rings. The van der Waals surface area contributed by atoms with Crippen molar-refractivity contribution in [3.8, 4) is 5.75 Å². The Morgan fingerprint density at radius 2 is 2.15 bits per heavy atom. The third-order valence-corrected chi connectivity index (χ3v) is 3.46. The van der Waals surface area contributed by atoms with E-state index >= 15 is 0 Å². The number of nitro groups is 1. The largest absolute Gasteiger partial charge is 0.490 e. The molecule has 0 bridgehead atoms. The van der Waals surface area contributed by atoms with E-state index in [-0.39, 0.29) is 11.4 Å². The Morgan fingerprint density at radius 1 is 1.40 bits per heavy atom. The predicted molar refractivity (Wildman–Crippen MR) is 76.3 cm³/mol. The van der Waals surface area contributed by atoms with Gasteiger partial charge >= 0.3 is 5.69 Å². The molecule has 1 aromatic carbocycles. The number of nitrogens with zero attached hydrogens (tertiary/aromatic N) is 1. The summed E-state index contributed by atoms with van der Waals surface area (Å²) in [6.45, 7) is 1.32. The molecule has 6 nitrogen and oxygen atoms in total. The van der Waals surface area contributed by atoms with Crippen LogP contribution in [0.4, 0.5) is 11.4 Å². The summed E-state index contributed by atoms with van der Waals surface area (Å²) in [7, 11) is 1.43. The highest BCUT2D eigenvalue weighted by atomic mass is 16.6. The lowest BCUT2D eigenvalue weighted by atomic mass is 10.2. The highest BCUT2D eigenvalue weighted by Gasteiger charge is 2.16. The summed E-state index contributed by atoms with van der Waals surface area (Å²) < 4.78 is 10.8. The molecule has 2 rings (SSSR count). The van der Waals surface area contributed by atoms with E-state index in [0.717, 1.165) is 18.5 Å². The topological polar surface area (TPSA) is 73.6 Å². The number of hydrogen-bond donors (Lipinski definition) is 1. The molecule has 1 N–H and O–H groups in total. The van der Waals surface area contributed by atoms with Gasteiger partial charge in [-0.1, -0.05) is 12.8 Å². The maximum atomic E-state index is 10.8. The number of anilines is 1. The minimum absolute atomic E-state index is 0.0275. The number of methoxy groups -OCH3 is 1. The summed E-state index contributed by atoms with van der Waals surface area (Å²) in [5.74, 6) is 0.261. The number of ether oxygens (including phenoxy) is 2. The van der Waals surface area contributed by atoms with Crippen molar-refractivity contribution in [2.45, 2.75) is 31.8 Å². The second kappa shape index (κ2) is 7.09. The monoisotopic (exact) mass is 280 g/mol. The van der Waals surface area contributed by atoms with Gasteiger partial charge in [-0.25, -0.2) is 0 Å². The summed E-state index contributed by atoms with van der Waals surface area (Å²) in [5, 5.41) is 14.0. The van der Waals surface area contributed by atoms with Gasteiger partial charge in [0, 0.05) is 24.4 Å². The number of nitro benzene ring substituents is 1. The van der Waals surface area contributed by atoms with Crippen molar-refractivity contribution >= 4 is 11.4 Å². The third-order valence-electron chi connectivity index (χ3n) is 3.46. The van der Waals surface area contributed by atoms with Crippen molar-refractivity contribution < 1.29 is 14.4 Å². The lowest BCUT2D eigenvalue weighted by Crippen LogP contribution is -2.15. The molecule has 0 saturated heterocycles. The first kappa shape index (κ1) is 14.6. The van der Waals surface area contributed by atoms with E-state index in [1.54, 1.807) is 12.1 Å². The summed E-state index contributed by atoms with van der Waals surface area (Å²) in [6, 6.07) is 4.75. The smallest absolute Gasteiger partial charge is 0.311 e. The Bertz CT molecular complexity index is 458. The zero-order valence-electron chi connectivity index (χ0n) is 11.6. The molecule has 1 saturated carbocycles. The normalized spacial score (nSPS) is 15.2. The van der Waals surface area contributed by atoms with Crippen molar-refractivity contribution in [3.05, 3.63) is 28.3 Å². The molecule has 0 aromatic heterocycles. The fourth-order valence-corrected chi connectivity index (χ4v) is 2.41. The number of nitrogens with one attached hydrogen (secondary N) is 1. The lowest BCUT2D eigenvalue weighted by Gasteiger charge is -2.12. The molecule has 0 aliphatic heterocycles. The van der Waals surface area contributed by atoms with Crippen LogP contribution in [0.25, 0.3) is 0 Å². The van der Waals surface area contributed by atoms with E-state index in [9.17, 15) is 10.1 Å². The van der Waals surface area contributed by atoms with Gasteiger partial charge in [0.25, 0.3) is 0 Å². The van der Waals surface area contributed by atoms with Gasteiger partial charge < -0.3 is 14.8 Å². The molecule has 6 heteroatoms. The van der Waals surface area contributed by atoms with Crippen molar-refractivity contribution in [2.75, 3.05) is 25.6 Å². The second-order valence-electron chi connectivity index (χ2n) is 4.85. The molecule has 0 amide bonds. The average Bonchev–Trinajstić information content (AvgIpc) is 2.96. The second-order valence-corrected chi connectivity index (χ2v) is 4.85. The summed E-state index contributed by atoms with van der Waals surface area (Å²) in [4.78, 5) is 10.3. The van der Waals surface area contributed by atoms with Crippen LogP contribution in [0.3, 0.4) is 0 Å². The standard InChI is InChI=1S/C14H20N2O4/c1-19-14-10-11(6-7-13(14)16(17)18)15-8-9-20-12-4-2-3-5-12/h6-7,10,12,15H,2-5,8-9H2,1H3. The number of rotatable bonds is 7. The molecular formula is C14H20N2O4. The Kier molecular flexibility index (Phi) is 5.17. The van der Waals surface area contributed by atoms with Crippen LogP contribution < -0.4 is 10.1 Å². The van der Waals surface area contributed by atoms with Crippen LogP contribution in [0.5, 0.6) is 5.75 Å². The van der Waals surface area contributed by atoms with Crippen LogP contribution in [0.15, 0.2) is 18.2 Å². The molecule has 0 spiro atoms. The quantitative estimate of drug-likeness (QED) is 0.472. The first-order chi connectivity index (χ1) is 9.70. The number of benzene rings is 1. The Labute approximate surface area is 118 Å². The Morgan fingerprint density at radius 3 is 2.80 bits per heavy atom. The van der Waals surface area contributed by atoms with Gasteiger partial charge in [-0.2, -0.15) is 0 Å². The van der Waals surface area contributed by atoms with Gasteiger partial charge in [0.05, 0.1) is 24.7 Å². The van der Waals surface area contributed by atoms with E-state index in [1.165, 1.54) is 26.0 Å². The van der Waals surface area contributed by atoms with Gasteiger partial charge in [0.1, 0.15) is 0 Å². The lowest BCUT2D eigenvalue weighted by molar-refractivity contribution is -0.385. The molecule has 20 heavy (non-hydrogen) atoms.